The van der Waals surface area contributed by atoms with Crippen LogP contribution in [0.4, 0.5) is 5.82 Å². The Balaban J connectivity index is 2.01. The number of aromatic nitrogens is 2. The van der Waals surface area contributed by atoms with Gasteiger partial charge < -0.3 is 10.4 Å². The van der Waals surface area contributed by atoms with Crippen LogP contribution in [0, 0.1) is 0 Å². The molecule has 0 spiro atoms. The van der Waals surface area contributed by atoms with Crippen LogP contribution in [0.3, 0.4) is 0 Å². The van der Waals surface area contributed by atoms with Crippen LogP contribution in [-0.4, -0.2) is 21.0 Å². The summed E-state index contributed by atoms with van der Waals surface area (Å²) < 4.78 is 0. The first-order valence-electron chi connectivity index (χ1n) is 6.44. The predicted molar refractivity (Wildman–Crippen MR) is 82.9 cm³/mol. The zero-order chi connectivity index (χ0) is 14.8. The highest BCUT2D eigenvalue weighted by molar-refractivity contribution is 7.09. The van der Waals surface area contributed by atoms with Gasteiger partial charge in [-0.25, -0.2) is 14.8 Å². The Morgan fingerprint density at radius 2 is 2.19 bits per heavy atom. The van der Waals surface area contributed by atoms with Crippen LogP contribution >= 0.6 is 11.3 Å². The van der Waals surface area contributed by atoms with Gasteiger partial charge in [0.2, 0.25) is 0 Å². The van der Waals surface area contributed by atoms with E-state index in [0.717, 1.165) is 5.01 Å². The maximum absolute atomic E-state index is 11.4. The molecule has 3 aromatic rings. The van der Waals surface area contributed by atoms with Crippen LogP contribution in [0.2, 0.25) is 0 Å². The highest BCUT2D eigenvalue weighted by Gasteiger charge is 2.14. The molecule has 2 N–H and O–H groups in total. The van der Waals surface area contributed by atoms with Crippen molar-refractivity contribution in [3.8, 4) is 0 Å². The minimum atomic E-state index is -0.960. The number of carboxylic acids is 1. The summed E-state index contributed by atoms with van der Waals surface area (Å²) in [5.74, 6) is -0.424. The van der Waals surface area contributed by atoms with E-state index in [4.69, 9.17) is 0 Å². The van der Waals surface area contributed by atoms with Crippen molar-refractivity contribution in [2.75, 3.05) is 5.32 Å². The third-order valence-corrected chi connectivity index (χ3v) is 4.09. The van der Waals surface area contributed by atoms with Crippen LogP contribution in [0.5, 0.6) is 0 Å². The van der Waals surface area contributed by atoms with Gasteiger partial charge in [0.05, 0.1) is 17.1 Å². The zero-order valence-electron chi connectivity index (χ0n) is 11.3. The number of para-hydroxylation sites is 1. The number of aromatic carboxylic acids is 1. The molecule has 6 heteroatoms. The molecule has 1 unspecified atom stereocenters. The monoisotopic (exact) mass is 299 g/mol. The number of anilines is 1. The van der Waals surface area contributed by atoms with Crippen molar-refractivity contribution in [3.63, 3.8) is 0 Å². The van der Waals surface area contributed by atoms with Gasteiger partial charge in [0.25, 0.3) is 0 Å². The molecule has 0 amide bonds. The highest BCUT2D eigenvalue weighted by Crippen LogP contribution is 2.24. The Kier molecular flexibility index (Phi) is 3.53. The van der Waals surface area contributed by atoms with Crippen molar-refractivity contribution >= 4 is 34.0 Å². The molecule has 2 heterocycles. The van der Waals surface area contributed by atoms with Gasteiger partial charge in [-0.3, -0.25) is 0 Å². The summed E-state index contributed by atoms with van der Waals surface area (Å²) in [6.07, 6.45) is 1.74. The molecule has 2 aromatic heterocycles. The molecule has 0 radical (unpaired) electrons. The largest absolute Gasteiger partial charge is 0.478 e. The zero-order valence-corrected chi connectivity index (χ0v) is 12.1. The third-order valence-electron chi connectivity index (χ3n) is 3.13. The number of pyridine rings is 1. The van der Waals surface area contributed by atoms with Gasteiger partial charge in [0.15, 0.2) is 0 Å². The number of nitrogens with one attached hydrogen (secondary N) is 1. The fourth-order valence-corrected chi connectivity index (χ4v) is 2.80. The molecule has 0 aliphatic rings. The van der Waals surface area contributed by atoms with Crippen molar-refractivity contribution in [1.82, 2.24) is 9.97 Å². The Hall–Kier alpha value is -2.47. The Labute approximate surface area is 125 Å². The second-order valence-electron chi connectivity index (χ2n) is 4.61. The number of benzene rings is 1. The van der Waals surface area contributed by atoms with Gasteiger partial charge in [-0.05, 0) is 19.1 Å². The van der Waals surface area contributed by atoms with Crippen LogP contribution < -0.4 is 5.32 Å². The lowest BCUT2D eigenvalue weighted by atomic mass is 10.1. The van der Waals surface area contributed by atoms with Crippen molar-refractivity contribution in [2.24, 2.45) is 0 Å². The van der Waals surface area contributed by atoms with E-state index in [0.29, 0.717) is 16.7 Å². The van der Waals surface area contributed by atoms with Gasteiger partial charge in [-0.15, -0.1) is 11.3 Å². The number of rotatable bonds is 4. The molecule has 106 valence electrons. The topological polar surface area (TPSA) is 75.1 Å². The summed E-state index contributed by atoms with van der Waals surface area (Å²) in [5.41, 5.74) is 0.903. The van der Waals surface area contributed by atoms with Crippen LogP contribution in [0.25, 0.3) is 10.9 Å². The van der Waals surface area contributed by atoms with E-state index in [1.165, 1.54) is 0 Å². The average Bonchev–Trinajstić information content (AvgIpc) is 3.00. The number of carboxylic acid groups (broad SMARTS) is 1. The van der Waals surface area contributed by atoms with Crippen molar-refractivity contribution in [2.45, 2.75) is 13.0 Å². The summed E-state index contributed by atoms with van der Waals surface area (Å²) in [6.45, 7) is 1.97. The first-order valence-corrected chi connectivity index (χ1v) is 7.32. The summed E-state index contributed by atoms with van der Waals surface area (Å²) in [4.78, 5) is 20.1. The van der Waals surface area contributed by atoms with Crippen LogP contribution in [0.1, 0.15) is 28.3 Å². The minimum Gasteiger partial charge on any atom is -0.478 e. The lowest BCUT2D eigenvalue weighted by Crippen LogP contribution is -2.09. The Morgan fingerprint density at radius 3 is 2.90 bits per heavy atom. The molecule has 0 aliphatic carbocycles. The molecular formula is C15H13N3O2S. The predicted octanol–water partition coefficient (Wildman–Crippen LogP) is 3.56. The fourth-order valence-electron chi connectivity index (χ4n) is 2.16. The van der Waals surface area contributed by atoms with Gasteiger partial charge in [-0.2, -0.15) is 0 Å². The standard InChI is InChI=1S/C15H13N3O2S/c1-9(14-16-6-7-21-14)17-13-8-11(15(19)20)10-4-2-3-5-12(10)18-13/h2-9H,1H3,(H,17,18)(H,19,20). The van der Waals surface area contributed by atoms with Gasteiger partial charge in [0, 0.05) is 17.0 Å². The lowest BCUT2D eigenvalue weighted by Gasteiger charge is -2.13. The quantitative estimate of drug-likeness (QED) is 0.770. The second-order valence-corrected chi connectivity index (χ2v) is 5.54. The van der Waals surface area contributed by atoms with Crippen molar-refractivity contribution in [1.29, 1.82) is 0 Å². The minimum absolute atomic E-state index is 0.0275. The average molecular weight is 299 g/mol. The number of nitrogens with zero attached hydrogens (tertiary/aromatic N) is 2. The highest BCUT2D eigenvalue weighted by atomic mass is 32.1. The van der Waals surface area contributed by atoms with Crippen LogP contribution in [0.15, 0.2) is 41.9 Å². The SMILES string of the molecule is CC(Nc1cc(C(=O)O)c2ccccc2n1)c1nccs1. The van der Waals surface area contributed by atoms with E-state index in [1.807, 2.05) is 24.4 Å². The smallest absolute Gasteiger partial charge is 0.336 e. The molecular weight excluding hydrogens is 286 g/mol. The lowest BCUT2D eigenvalue weighted by molar-refractivity contribution is 0.0699. The molecule has 21 heavy (non-hydrogen) atoms. The number of fused-ring (bicyclic) bond motifs is 1. The van der Waals surface area contributed by atoms with Gasteiger partial charge in [-0.1, -0.05) is 18.2 Å². The van der Waals surface area contributed by atoms with E-state index in [-0.39, 0.29) is 11.6 Å². The van der Waals surface area contributed by atoms with Gasteiger partial charge >= 0.3 is 5.97 Å². The molecule has 0 bridgehead atoms. The number of thiazole rings is 1. The molecule has 0 aliphatic heterocycles. The van der Waals surface area contributed by atoms with Crippen molar-refractivity contribution < 1.29 is 9.90 Å². The summed E-state index contributed by atoms with van der Waals surface area (Å²) in [5, 5.41) is 16.0. The fraction of sp³-hybridized carbons (Fsp3) is 0.133. The van der Waals surface area contributed by atoms with Crippen molar-refractivity contribution in [3.05, 3.63) is 52.5 Å². The molecule has 0 saturated heterocycles. The van der Waals surface area contributed by atoms with E-state index in [2.05, 4.69) is 15.3 Å². The van der Waals surface area contributed by atoms with E-state index < -0.39 is 5.97 Å². The summed E-state index contributed by atoms with van der Waals surface area (Å²) in [7, 11) is 0. The van der Waals surface area contributed by atoms with Gasteiger partial charge in [0.1, 0.15) is 10.8 Å². The van der Waals surface area contributed by atoms with Crippen LogP contribution in [-0.2, 0) is 0 Å². The maximum Gasteiger partial charge on any atom is 0.336 e. The Morgan fingerprint density at radius 1 is 1.38 bits per heavy atom. The molecule has 0 saturated carbocycles. The Bertz CT molecular complexity index is 787. The summed E-state index contributed by atoms with van der Waals surface area (Å²) in [6, 6.07) is 8.76. The molecule has 3 rings (SSSR count). The number of carbonyl (C=O) groups is 1. The molecule has 0 fully saturated rings. The number of hydrogen-bond donors (Lipinski definition) is 2. The maximum atomic E-state index is 11.4. The van der Waals surface area contributed by atoms with E-state index in [9.17, 15) is 9.90 Å². The number of hydrogen-bond acceptors (Lipinski definition) is 5. The second kappa shape index (κ2) is 5.49. The van der Waals surface area contributed by atoms with E-state index in [1.54, 1.807) is 35.7 Å². The molecule has 5 nitrogen and oxygen atoms in total. The summed E-state index contributed by atoms with van der Waals surface area (Å²) >= 11 is 1.55. The third kappa shape index (κ3) is 2.71. The first kappa shape index (κ1) is 13.5. The molecule has 1 atom stereocenters. The molecule has 1 aromatic carbocycles. The van der Waals surface area contributed by atoms with E-state index >= 15 is 0 Å². The first-order chi connectivity index (χ1) is 10.1. The normalized spacial score (nSPS) is 12.2.